The van der Waals surface area contributed by atoms with Gasteiger partial charge in [-0.2, -0.15) is 0 Å². The number of fused-ring (bicyclic) bond motifs is 9. The summed E-state index contributed by atoms with van der Waals surface area (Å²) in [4.78, 5) is 10.3. The Morgan fingerprint density at radius 3 is 2.16 bits per heavy atom. The Morgan fingerprint density at radius 1 is 0.579 bits per heavy atom. The quantitative estimate of drug-likeness (QED) is 0.186. The monoisotopic (exact) mass is 766 g/mol. The van der Waals surface area contributed by atoms with E-state index >= 15 is 0 Å². The predicted octanol–water partition coefficient (Wildman–Crippen LogP) is 13.5. The first kappa shape index (κ1) is 32.6. The van der Waals surface area contributed by atoms with Crippen LogP contribution in [-0.4, -0.2) is 16.2 Å². The molecule has 12 rings (SSSR count). The van der Waals surface area contributed by atoms with Gasteiger partial charge in [-0.1, -0.05) is 109 Å². The molecule has 7 aromatic carbocycles. The normalized spacial score (nSPS) is 15.3. The lowest BCUT2D eigenvalue weighted by molar-refractivity contribution is 0.674. The summed E-state index contributed by atoms with van der Waals surface area (Å²) in [6, 6.07) is 57.2. The maximum Gasteiger partial charge on any atom is 0.159 e. The fraction of sp³-hybridized carbons (Fsp3) is 0.0588. The molecular weight excluding hydrogens is 733 g/mol. The Bertz CT molecular complexity index is 3330. The van der Waals surface area contributed by atoms with Crippen LogP contribution in [-0.2, 0) is 6.42 Å². The highest BCUT2D eigenvalue weighted by molar-refractivity contribution is 7.26. The standard InChI is InChI=1S/C51H34N4S2/c1-3-12-31(13-4-1)49-52-50(32-14-5-2-6-15-32)54-51(53-49)34-23-26-45-40(29-34)39-28-33(22-25-44(39)56-45)36-18-11-21-47-48(36)41-30-35(24-27-46(41)57-47)55-42-19-9-7-16-37(42)38-17-8-10-20-43(38)55/h1-9,11-19,21-30,49H,10,20H2,(H,52,53,54). The minimum Gasteiger partial charge on any atom is -0.344 e. The van der Waals surface area contributed by atoms with E-state index in [1.54, 1.807) is 0 Å². The average molecular weight is 767 g/mol. The SMILES string of the molecule is C1=Cc2c(n(-c3ccc4sc5cccc(-c6ccc7sc8ccc(C9=NC(c%10ccccc%10)NC(c%10ccccc%10)=N9)cc8c7c6)c5c4c3)c3ccccc23)CC1. The molecule has 0 bridgehead atoms. The molecule has 270 valence electrons. The van der Waals surface area contributed by atoms with Crippen molar-refractivity contribution in [1.29, 1.82) is 0 Å². The first-order valence-corrected chi connectivity index (χ1v) is 21.1. The van der Waals surface area contributed by atoms with Gasteiger partial charge >= 0.3 is 0 Å². The van der Waals surface area contributed by atoms with Crippen molar-refractivity contribution < 1.29 is 0 Å². The van der Waals surface area contributed by atoms with Gasteiger partial charge in [-0.25, -0.2) is 9.98 Å². The third kappa shape index (κ3) is 5.32. The fourth-order valence-electron chi connectivity index (χ4n) is 8.87. The van der Waals surface area contributed by atoms with Gasteiger partial charge in [0.15, 0.2) is 5.84 Å². The molecule has 1 N–H and O–H groups in total. The average Bonchev–Trinajstić information content (AvgIpc) is 3.95. The molecule has 4 nitrogen and oxygen atoms in total. The fourth-order valence-corrected chi connectivity index (χ4v) is 11.1. The number of hydrogen-bond donors (Lipinski definition) is 1. The van der Waals surface area contributed by atoms with Gasteiger partial charge < -0.3 is 9.88 Å². The van der Waals surface area contributed by atoms with E-state index in [0.29, 0.717) is 0 Å². The Balaban J connectivity index is 0.997. The van der Waals surface area contributed by atoms with Gasteiger partial charge in [0, 0.05) is 73.8 Å². The summed E-state index contributed by atoms with van der Waals surface area (Å²) < 4.78 is 7.65. The minimum absolute atomic E-state index is 0.240. The van der Waals surface area contributed by atoms with E-state index in [1.807, 2.05) is 34.8 Å². The largest absolute Gasteiger partial charge is 0.344 e. The summed E-state index contributed by atoms with van der Waals surface area (Å²) in [5, 5.41) is 10.0. The number of thiophene rings is 2. The lowest BCUT2D eigenvalue weighted by Gasteiger charge is -2.23. The predicted molar refractivity (Wildman–Crippen MR) is 244 cm³/mol. The van der Waals surface area contributed by atoms with Crippen molar-refractivity contribution in [2.45, 2.75) is 19.0 Å². The van der Waals surface area contributed by atoms with Crippen LogP contribution in [0.1, 0.15) is 40.5 Å². The highest BCUT2D eigenvalue weighted by atomic mass is 32.1. The summed E-state index contributed by atoms with van der Waals surface area (Å²) in [6.45, 7) is 0. The van der Waals surface area contributed by atoms with Gasteiger partial charge in [0.2, 0.25) is 0 Å². The molecule has 3 aromatic heterocycles. The molecule has 0 spiro atoms. The van der Waals surface area contributed by atoms with Crippen LogP contribution in [0, 0.1) is 0 Å². The lowest BCUT2D eigenvalue weighted by Crippen LogP contribution is -2.33. The van der Waals surface area contributed by atoms with Crippen molar-refractivity contribution in [2.24, 2.45) is 9.98 Å². The molecular formula is C51H34N4S2. The molecule has 6 heteroatoms. The van der Waals surface area contributed by atoms with E-state index in [9.17, 15) is 0 Å². The number of amidine groups is 2. The molecule has 1 atom stereocenters. The van der Waals surface area contributed by atoms with Crippen molar-refractivity contribution >= 4 is 91.7 Å². The first-order chi connectivity index (χ1) is 28.2. The van der Waals surface area contributed by atoms with Crippen LogP contribution in [0.15, 0.2) is 174 Å². The number of aromatic nitrogens is 1. The minimum atomic E-state index is -0.240. The third-order valence-electron chi connectivity index (χ3n) is 11.5. The van der Waals surface area contributed by atoms with Crippen LogP contribution >= 0.6 is 22.7 Å². The Hall–Kier alpha value is -6.60. The molecule has 1 aliphatic carbocycles. The molecule has 4 heterocycles. The van der Waals surface area contributed by atoms with Crippen molar-refractivity contribution in [3.8, 4) is 16.8 Å². The molecule has 0 fully saturated rings. The van der Waals surface area contributed by atoms with Crippen LogP contribution in [0.25, 0.3) is 74.1 Å². The third-order valence-corrected chi connectivity index (χ3v) is 13.8. The number of rotatable bonds is 5. The molecule has 1 unspecified atom stereocenters. The van der Waals surface area contributed by atoms with E-state index in [1.165, 1.54) is 79.3 Å². The highest BCUT2D eigenvalue weighted by Crippen LogP contribution is 2.44. The van der Waals surface area contributed by atoms with Crippen LogP contribution in [0.3, 0.4) is 0 Å². The molecule has 2 aliphatic rings. The summed E-state index contributed by atoms with van der Waals surface area (Å²) in [6.07, 6.45) is 6.50. The van der Waals surface area contributed by atoms with Crippen molar-refractivity contribution in [1.82, 2.24) is 9.88 Å². The van der Waals surface area contributed by atoms with E-state index in [0.717, 1.165) is 41.2 Å². The lowest BCUT2D eigenvalue weighted by atomic mass is 9.97. The second kappa shape index (κ2) is 13.0. The molecule has 10 aromatic rings. The van der Waals surface area contributed by atoms with Gasteiger partial charge in [0.05, 0.1) is 5.52 Å². The number of allylic oxidation sites excluding steroid dienone is 1. The Labute approximate surface area is 337 Å². The van der Waals surface area contributed by atoms with Crippen LogP contribution in [0.2, 0.25) is 0 Å². The molecule has 0 saturated heterocycles. The summed E-state index contributed by atoms with van der Waals surface area (Å²) in [5.41, 5.74) is 10.9. The summed E-state index contributed by atoms with van der Waals surface area (Å²) >= 11 is 3.72. The van der Waals surface area contributed by atoms with Gasteiger partial charge in [-0.3, -0.25) is 0 Å². The van der Waals surface area contributed by atoms with Crippen LogP contribution in [0.5, 0.6) is 0 Å². The Morgan fingerprint density at radius 2 is 1.30 bits per heavy atom. The van der Waals surface area contributed by atoms with Crippen molar-refractivity contribution in [2.75, 3.05) is 0 Å². The van der Waals surface area contributed by atoms with E-state index in [2.05, 4.69) is 168 Å². The smallest absolute Gasteiger partial charge is 0.159 e. The second-order valence-corrected chi connectivity index (χ2v) is 17.0. The maximum absolute atomic E-state index is 5.18. The van der Waals surface area contributed by atoms with Crippen molar-refractivity contribution in [3.05, 3.63) is 192 Å². The number of para-hydroxylation sites is 1. The number of benzene rings is 7. The first-order valence-electron chi connectivity index (χ1n) is 19.5. The van der Waals surface area contributed by atoms with E-state index in [4.69, 9.17) is 9.98 Å². The van der Waals surface area contributed by atoms with Gasteiger partial charge in [0.1, 0.15) is 12.0 Å². The molecule has 57 heavy (non-hydrogen) atoms. The molecule has 0 amide bonds. The zero-order chi connectivity index (χ0) is 37.5. The van der Waals surface area contributed by atoms with Crippen molar-refractivity contribution in [3.63, 3.8) is 0 Å². The highest BCUT2D eigenvalue weighted by Gasteiger charge is 2.23. The second-order valence-electron chi connectivity index (χ2n) is 14.9. The van der Waals surface area contributed by atoms with E-state index in [-0.39, 0.29) is 6.17 Å². The number of hydrogen-bond acceptors (Lipinski definition) is 5. The molecule has 1 aliphatic heterocycles. The molecule has 0 radical (unpaired) electrons. The van der Waals surface area contributed by atoms with E-state index < -0.39 is 0 Å². The van der Waals surface area contributed by atoms with Crippen LogP contribution in [0.4, 0.5) is 0 Å². The van der Waals surface area contributed by atoms with Gasteiger partial charge in [0.25, 0.3) is 0 Å². The molecule has 0 saturated carbocycles. The zero-order valence-electron chi connectivity index (χ0n) is 30.8. The maximum atomic E-state index is 5.18. The topological polar surface area (TPSA) is 41.7 Å². The van der Waals surface area contributed by atoms with Gasteiger partial charge in [-0.15, -0.1) is 22.7 Å². The van der Waals surface area contributed by atoms with Gasteiger partial charge in [-0.05, 0) is 90.2 Å². The summed E-state index contributed by atoms with van der Waals surface area (Å²) in [7, 11) is 0. The summed E-state index contributed by atoms with van der Waals surface area (Å²) in [5.74, 6) is 1.56. The number of nitrogens with zero attached hydrogens (tertiary/aromatic N) is 3. The van der Waals surface area contributed by atoms with Crippen LogP contribution < -0.4 is 5.32 Å². The zero-order valence-corrected chi connectivity index (χ0v) is 32.4. The number of nitrogens with one attached hydrogen (secondary N) is 1. The number of aliphatic imine (C=N–C) groups is 2. The Kier molecular flexibility index (Phi) is 7.43.